The molecule has 0 radical (unpaired) electrons. The first-order valence-electron chi connectivity index (χ1n) is 13.8. The van der Waals surface area contributed by atoms with Gasteiger partial charge in [0.05, 0.1) is 30.3 Å². The van der Waals surface area contributed by atoms with E-state index in [2.05, 4.69) is 15.1 Å². The summed E-state index contributed by atoms with van der Waals surface area (Å²) in [6, 6.07) is 7.92. The maximum absolute atomic E-state index is 14.6. The fourth-order valence-corrected chi connectivity index (χ4v) is 6.42. The van der Waals surface area contributed by atoms with E-state index in [1.54, 1.807) is 35.5 Å². The number of ether oxygens (including phenoxy) is 1. The molecule has 2 aliphatic rings. The van der Waals surface area contributed by atoms with Crippen LogP contribution in [-0.4, -0.2) is 67.5 Å². The fourth-order valence-electron chi connectivity index (χ4n) is 6.42. The molecule has 4 aromatic rings. The van der Waals surface area contributed by atoms with Crippen molar-refractivity contribution in [2.24, 2.45) is 10.7 Å². The van der Waals surface area contributed by atoms with E-state index in [0.717, 1.165) is 19.2 Å². The molecule has 2 atom stereocenters. The van der Waals surface area contributed by atoms with Crippen LogP contribution in [0.2, 0.25) is 0 Å². The van der Waals surface area contributed by atoms with Crippen LogP contribution in [0.15, 0.2) is 47.7 Å². The van der Waals surface area contributed by atoms with Crippen LogP contribution >= 0.6 is 0 Å². The van der Waals surface area contributed by atoms with Crippen molar-refractivity contribution in [1.29, 1.82) is 5.41 Å². The number of fused-ring (bicyclic) bond motifs is 3. The number of benzene rings is 1. The van der Waals surface area contributed by atoms with Crippen LogP contribution < -0.4 is 16.2 Å². The quantitative estimate of drug-likeness (QED) is 0.175. The Morgan fingerprint density at radius 2 is 1.88 bits per heavy atom. The van der Waals surface area contributed by atoms with Crippen molar-refractivity contribution in [2.45, 2.75) is 50.6 Å². The highest BCUT2D eigenvalue weighted by Gasteiger charge is 2.45. The Hall–Kier alpha value is -5.20. The monoisotopic (exact) mass is 583 g/mol. The van der Waals surface area contributed by atoms with E-state index in [0.29, 0.717) is 57.9 Å². The third-order valence-electron chi connectivity index (χ3n) is 8.37. The summed E-state index contributed by atoms with van der Waals surface area (Å²) in [5.41, 5.74) is 15.9. The first kappa shape index (κ1) is 27.9. The number of nitrogens with one attached hydrogen (secondary N) is 1. The van der Waals surface area contributed by atoms with Crippen LogP contribution in [0.1, 0.15) is 54.6 Å². The molecule has 6 rings (SSSR count). The normalized spacial score (nSPS) is 19.9. The summed E-state index contributed by atoms with van der Waals surface area (Å²) in [4.78, 5) is 40.7. The van der Waals surface area contributed by atoms with Crippen molar-refractivity contribution in [2.75, 3.05) is 12.8 Å². The molecule has 0 spiro atoms. The van der Waals surface area contributed by atoms with Crippen LogP contribution in [0.4, 0.5) is 10.2 Å². The zero-order valence-electron chi connectivity index (χ0n) is 23.6. The Kier molecular flexibility index (Phi) is 7.08. The lowest BCUT2D eigenvalue weighted by Crippen LogP contribution is -2.50. The second-order valence-corrected chi connectivity index (χ2v) is 10.8. The lowest BCUT2D eigenvalue weighted by molar-refractivity contribution is -0.128. The number of nitrogens with two attached hydrogens (primary N) is 2. The SMILES string of the molecule is COc1ccc(-c2ccc(-c3cnn4c(N)c(C(C)=O)c(C5CC6CCC(C5)N6C(=O)C(N)=NC=N)nc34)cn2)c(F)c1. The molecule has 13 heteroatoms. The number of carbonyl (C=O) groups is 2. The summed E-state index contributed by atoms with van der Waals surface area (Å²) in [5.74, 6) is -0.784. The molecule has 2 saturated heterocycles. The highest BCUT2D eigenvalue weighted by Crippen LogP contribution is 2.44. The molecule has 3 aromatic heterocycles. The van der Waals surface area contributed by atoms with Crippen LogP contribution in [0.25, 0.3) is 28.0 Å². The molecule has 43 heavy (non-hydrogen) atoms. The van der Waals surface area contributed by atoms with Gasteiger partial charge in [0.1, 0.15) is 23.7 Å². The predicted molar refractivity (Wildman–Crippen MR) is 159 cm³/mol. The first-order valence-corrected chi connectivity index (χ1v) is 13.8. The molecule has 12 nitrogen and oxygen atoms in total. The van der Waals surface area contributed by atoms with Crippen molar-refractivity contribution in [3.05, 3.63) is 59.8 Å². The number of pyridine rings is 1. The number of carbonyl (C=O) groups excluding carboxylic acids is 2. The summed E-state index contributed by atoms with van der Waals surface area (Å²) in [6.45, 7) is 1.45. The number of amidine groups is 1. The number of ketones is 1. The number of aliphatic imine (C=N–C) groups is 1. The summed E-state index contributed by atoms with van der Waals surface area (Å²) >= 11 is 0. The Morgan fingerprint density at radius 3 is 2.49 bits per heavy atom. The van der Waals surface area contributed by atoms with Crippen molar-refractivity contribution < 1.29 is 18.7 Å². The number of halogens is 1. The molecule has 2 bridgehead atoms. The topological polar surface area (TPSA) is 178 Å². The Bertz CT molecular complexity index is 1790. The van der Waals surface area contributed by atoms with Gasteiger partial charge in [-0.3, -0.25) is 20.0 Å². The van der Waals surface area contributed by atoms with Gasteiger partial charge in [-0.25, -0.2) is 14.4 Å². The number of piperidine rings is 1. The van der Waals surface area contributed by atoms with Crippen LogP contribution in [-0.2, 0) is 4.79 Å². The summed E-state index contributed by atoms with van der Waals surface area (Å²) in [7, 11) is 1.48. The molecular weight excluding hydrogens is 553 g/mol. The highest BCUT2D eigenvalue weighted by atomic mass is 19.1. The fraction of sp³-hybridized carbons (Fsp3) is 0.300. The number of hydrogen-bond acceptors (Lipinski definition) is 8. The van der Waals surface area contributed by atoms with E-state index in [1.807, 2.05) is 6.07 Å². The lowest BCUT2D eigenvalue weighted by Gasteiger charge is -2.39. The van der Waals surface area contributed by atoms with Crippen molar-refractivity contribution in [3.63, 3.8) is 0 Å². The predicted octanol–water partition coefficient (Wildman–Crippen LogP) is 3.59. The zero-order valence-corrected chi connectivity index (χ0v) is 23.6. The van der Waals surface area contributed by atoms with Gasteiger partial charge < -0.3 is 21.1 Å². The molecule has 0 saturated carbocycles. The van der Waals surface area contributed by atoms with Crippen molar-refractivity contribution >= 4 is 35.3 Å². The molecule has 2 aliphatic heterocycles. The van der Waals surface area contributed by atoms with Crippen LogP contribution in [0.3, 0.4) is 0 Å². The number of nitrogens with zero attached hydrogens (tertiary/aromatic N) is 6. The smallest absolute Gasteiger partial charge is 0.289 e. The maximum Gasteiger partial charge on any atom is 0.289 e. The van der Waals surface area contributed by atoms with Gasteiger partial charge in [0.2, 0.25) is 0 Å². The minimum atomic E-state index is -0.446. The van der Waals surface area contributed by atoms with Crippen molar-refractivity contribution in [1.82, 2.24) is 24.5 Å². The molecule has 1 amide bonds. The first-order chi connectivity index (χ1) is 20.7. The Labute approximate surface area is 246 Å². The van der Waals surface area contributed by atoms with E-state index in [-0.39, 0.29) is 41.3 Å². The standard InChI is InChI=1S/C30H30FN9O3/c1-15(41)25-26(17-9-18-4-5-19(10-17)39(18)30(42)27(33)36-14-32)38-29-22(13-37-40(29)28(25)34)16-3-8-24(35-12-16)21-7-6-20(43-2)11-23(21)31/h3,6-8,11-14,17-19H,4-5,9-10,34H2,1-2H3,(H3,32,33,36). The van der Waals surface area contributed by atoms with Gasteiger partial charge >= 0.3 is 0 Å². The molecule has 2 unspecified atom stereocenters. The van der Waals surface area contributed by atoms with Crippen LogP contribution in [0.5, 0.6) is 5.75 Å². The van der Waals surface area contributed by atoms with Gasteiger partial charge in [-0.2, -0.15) is 9.61 Å². The molecule has 0 aliphatic carbocycles. The average Bonchev–Trinajstić information content (AvgIpc) is 3.54. The van der Waals surface area contributed by atoms with Gasteiger partial charge in [0.15, 0.2) is 17.3 Å². The van der Waals surface area contributed by atoms with Gasteiger partial charge in [0.25, 0.3) is 5.91 Å². The van der Waals surface area contributed by atoms with Gasteiger partial charge in [-0.1, -0.05) is 6.07 Å². The second kappa shape index (κ2) is 10.9. The number of aromatic nitrogens is 4. The van der Waals surface area contributed by atoms with Crippen molar-refractivity contribution in [3.8, 4) is 28.1 Å². The number of nitrogen functional groups attached to an aromatic ring is 1. The minimum Gasteiger partial charge on any atom is -0.497 e. The van der Waals surface area contributed by atoms with E-state index in [4.69, 9.17) is 26.6 Å². The van der Waals surface area contributed by atoms with Crippen LogP contribution in [0, 0.1) is 11.2 Å². The molecule has 1 aromatic carbocycles. The number of amides is 1. The molecule has 2 fully saturated rings. The average molecular weight is 584 g/mol. The van der Waals surface area contributed by atoms with E-state index < -0.39 is 5.82 Å². The molecule has 220 valence electrons. The number of methoxy groups -OCH3 is 1. The summed E-state index contributed by atoms with van der Waals surface area (Å²) in [5, 5.41) is 11.6. The van der Waals surface area contributed by atoms with Gasteiger partial charge in [0, 0.05) is 47.0 Å². The molecule has 5 N–H and O–H groups in total. The Balaban J connectivity index is 1.36. The molecule has 5 heterocycles. The van der Waals surface area contributed by atoms with E-state index >= 15 is 0 Å². The summed E-state index contributed by atoms with van der Waals surface area (Å²) < 4.78 is 21.2. The largest absolute Gasteiger partial charge is 0.497 e. The number of Topliss-reactive ketones (excluding diaryl/α,β-unsaturated/α-hetero) is 1. The minimum absolute atomic E-state index is 0.103. The second-order valence-electron chi connectivity index (χ2n) is 10.8. The van der Waals surface area contributed by atoms with Gasteiger partial charge in [-0.15, -0.1) is 0 Å². The highest BCUT2D eigenvalue weighted by molar-refractivity contribution is 6.38. The Morgan fingerprint density at radius 1 is 1.14 bits per heavy atom. The third kappa shape index (κ3) is 4.76. The number of hydrogen-bond donors (Lipinski definition) is 3. The molecular formula is C30H30FN9O3. The summed E-state index contributed by atoms with van der Waals surface area (Å²) in [6.07, 6.45) is 6.74. The van der Waals surface area contributed by atoms with E-state index in [1.165, 1.54) is 24.6 Å². The van der Waals surface area contributed by atoms with E-state index in [9.17, 15) is 14.0 Å². The zero-order chi connectivity index (χ0) is 30.4. The maximum atomic E-state index is 14.6. The number of rotatable bonds is 6. The lowest BCUT2D eigenvalue weighted by atomic mass is 9.85. The number of anilines is 1. The van der Waals surface area contributed by atoms with Gasteiger partial charge in [-0.05, 0) is 50.8 Å². The third-order valence-corrected chi connectivity index (χ3v) is 8.37.